The molecular weight excluding hydrogens is 252 g/mol. The van der Waals surface area contributed by atoms with Crippen molar-refractivity contribution in [2.45, 2.75) is 31.7 Å². The van der Waals surface area contributed by atoms with E-state index in [0.717, 1.165) is 32.4 Å². The first kappa shape index (κ1) is 14.9. The number of hydrogen-bond acceptors (Lipinski definition) is 3. The quantitative estimate of drug-likeness (QED) is 0.897. The van der Waals surface area contributed by atoms with Gasteiger partial charge in [-0.15, -0.1) is 0 Å². The number of piperidine rings is 1. The maximum atomic E-state index is 12.8. The predicted octanol–water partition coefficient (Wildman–Crippen LogP) is 2.30. The van der Waals surface area contributed by atoms with E-state index in [1.807, 2.05) is 36.2 Å². The van der Waals surface area contributed by atoms with Gasteiger partial charge < -0.3 is 15.0 Å². The van der Waals surface area contributed by atoms with Crippen LogP contribution in [-0.2, 0) is 0 Å². The van der Waals surface area contributed by atoms with E-state index in [9.17, 15) is 4.79 Å². The molecular formula is C16H24N2O2. The van der Waals surface area contributed by atoms with Crippen LogP contribution in [0.15, 0.2) is 24.3 Å². The zero-order valence-corrected chi connectivity index (χ0v) is 12.4. The summed E-state index contributed by atoms with van der Waals surface area (Å²) in [5, 5.41) is 3.17. The van der Waals surface area contributed by atoms with Crippen LogP contribution >= 0.6 is 0 Å². The van der Waals surface area contributed by atoms with Crippen LogP contribution in [0.25, 0.3) is 0 Å². The Labute approximate surface area is 121 Å². The van der Waals surface area contributed by atoms with E-state index in [1.54, 1.807) is 7.11 Å². The van der Waals surface area contributed by atoms with E-state index in [4.69, 9.17) is 4.74 Å². The molecule has 1 amide bonds. The van der Waals surface area contributed by atoms with Gasteiger partial charge in [-0.2, -0.15) is 0 Å². The van der Waals surface area contributed by atoms with Gasteiger partial charge >= 0.3 is 0 Å². The summed E-state index contributed by atoms with van der Waals surface area (Å²) in [5.41, 5.74) is 0.673. The Morgan fingerprint density at radius 1 is 1.40 bits per heavy atom. The van der Waals surface area contributed by atoms with Gasteiger partial charge in [0.1, 0.15) is 5.75 Å². The standard InChI is InChI=1S/C16H24N2O2/c1-17-11-10-13-7-5-6-12-18(13)16(19)14-8-3-4-9-15(14)20-2/h3-4,8-9,13,17H,5-7,10-12H2,1-2H3. The summed E-state index contributed by atoms with van der Waals surface area (Å²) >= 11 is 0. The summed E-state index contributed by atoms with van der Waals surface area (Å²) in [5.74, 6) is 0.763. The second kappa shape index (κ2) is 7.29. The van der Waals surface area contributed by atoms with Gasteiger partial charge in [-0.25, -0.2) is 0 Å². The van der Waals surface area contributed by atoms with Crippen LogP contribution in [0.3, 0.4) is 0 Å². The molecule has 1 heterocycles. The molecule has 1 N–H and O–H groups in total. The van der Waals surface area contributed by atoms with Gasteiger partial charge in [0.15, 0.2) is 0 Å². The number of nitrogens with zero attached hydrogens (tertiary/aromatic N) is 1. The monoisotopic (exact) mass is 276 g/mol. The highest BCUT2D eigenvalue weighted by Crippen LogP contribution is 2.25. The van der Waals surface area contributed by atoms with Gasteiger partial charge in [-0.05, 0) is 51.4 Å². The number of methoxy groups -OCH3 is 1. The maximum Gasteiger partial charge on any atom is 0.257 e. The van der Waals surface area contributed by atoms with Crippen LogP contribution in [0, 0.1) is 0 Å². The third kappa shape index (κ3) is 3.31. The summed E-state index contributed by atoms with van der Waals surface area (Å²) in [6, 6.07) is 7.82. The fourth-order valence-corrected chi connectivity index (χ4v) is 2.86. The first-order chi connectivity index (χ1) is 9.77. The van der Waals surface area contributed by atoms with Crippen LogP contribution in [0.1, 0.15) is 36.0 Å². The van der Waals surface area contributed by atoms with E-state index in [-0.39, 0.29) is 5.91 Å². The lowest BCUT2D eigenvalue weighted by Gasteiger charge is -2.36. The summed E-state index contributed by atoms with van der Waals surface area (Å²) in [7, 11) is 3.57. The summed E-state index contributed by atoms with van der Waals surface area (Å²) in [4.78, 5) is 14.8. The Hall–Kier alpha value is -1.55. The molecule has 0 saturated carbocycles. The van der Waals surface area contributed by atoms with Crippen molar-refractivity contribution in [3.05, 3.63) is 29.8 Å². The predicted molar refractivity (Wildman–Crippen MR) is 80.2 cm³/mol. The van der Waals surface area contributed by atoms with Crippen molar-refractivity contribution in [1.29, 1.82) is 0 Å². The van der Waals surface area contributed by atoms with Gasteiger partial charge in [-0.1, -0.05) is 12.1 Å². The summed E-state index contributed by atoms with van der Waals surface area (Å²) < 4.78 is 5.31. The van der Waals surface area contributed by atoms with Gasteiger partial charge in [0.2, 0.25) is 0 Å². The second-order valence-electron chi connectivity index (χ2n) is 5.24. The Morgan fingerprint density at radius 3 is 2.95 bits per heavy atom. The normalized spacial score (nSPS) is 18.9. The van der Waals surface area contributed by atoms with E-state index >= 15 is 0 Å². The number of carbonyl (C=O) groups is 1. The number of para-hydroxylation sites is 1. The number of ether oxygens (including phenoxy) is 1. The maximum absolute atomic E-state index is 12.8. The zero-order chi connectivity index (χ0) is 14.4. The number of likely N-dealkylation sites (tertiary alicyclic amines) is 1. The smallest absolute Gasteiger partial charge is 0.257 e. The highest BCUT2D eigenvalue weighted by Gasteiger charge is 2.28. The summed E-state index contributed by atoms with van der Waals surface area (Å²) in [6.07, 6.45) is 4.42. The number of benzene rings is 1. The zero-order valence-electron chi connectivity index (χ0n) is 12.4. The van der Waals surface area contributed by atoms with Crippen LogP contribution in [0.2, 0.25) is 0 Å². The molecule has 1 aromatic carbocycles. The fourth-order valence-electron chi connectivity index (χ4n) is 2.86. The SMILES string of the molecule is CNCCC1CCCCN1C(=O)c1ccccc1OC. The molecule has 0 aromatic heterocycles. The lowest BCUT2D eigenvalue weighted by atomic mass is 9.98. The number of rotatable bonds is 5. The van der Waals surface area contributed by atoms with Crippen molar-refractivity contribution >= 4 is 5.91 Å². The molecule has 4 nitrogen and oxygen atoms in total. The van der Waals surface area contributed by atoms with Crippen LogP contribution < -0.4 is 10.1 Å². The molecule has 20 heavy (non-hydrogen) atoms. The van der Waals surface area contributed by atoms with Crippen LogP contribution in [0.5, 0.6) is 5.75 Å². The largest absolute Gasteiger partial charge is 0.496 e. The van der Waals surface area contributed by atoms with Gasteiger partial charge in [0, 0.05) is 12.6 Å². The highest BCUT2D eigenvalue weighted by molar-refractivity contribution is 5.97. The van der Waals surface area contributed by atoms with Crippen molar-refractivity contribution in [3.63, 3.8) is 0 Å². The van der Waals surface area contributed by atoms with E-state index in [0.29, 0.717) is 17.4 Å². The average molecular weight is 276 g/mol. The second-order valence-corrected chi connectivity index (χ2v) is 5.24. The summed E-state index contributed by atoms with van der Waals surface area (Å²) in [6.45, 7) is 1.80. The minimum atomic E-state index is 0.100. The Kier molecular flexibility index (Phi) is 5.41. The Bertz CT molecular complexity index is 448. The first-order valence-electron chi connectivity index (χ1n) is 7.36. The number of nitrogens with one attached hydrogen (secondary N) is 1. The van der Waals surface area contributed by atoms with E-state index < -0.39 is 0 Å². The van der Waals surface area contributed by atoms with E-state index in [2.05, 4.69) is 5.32 Å². The molecule has 0 aliphatic carbocycles. The van der Waals surface area contributed by atoms with Gasteiger partial charge in [0.05, 0.1) is 12.7 Å². The molecule has 1 atom stereocenters. The molecule has 0 radical (unpaired) electrons. The molecule has 1 aliphatic rings. The average Bonchev–Trinajstić information content (AvgIpc) is 2.52. The molecule has 1 aromatic rings. The number of carbonyl (C=O) groups excluding carboxylic acids is 1. The molecule has 0 bridgehead atoms. The topological polar surface area (TPSA) is 41.6 Å². The Balaban J connectivity index is 2.16. The Morgan fingerprint density at radius 2 is 2.20 bits per heavy atom. The minimum Gasteiger partial charge on any atom is -0.496 e. The highest BCUT2D eigenvalue weighted by atomic mass is 16.5. The van der Waals surface area contributed by atoms with Crippen molar-refractivity contribution in [3.8, 4) is 5.75 Å². The minimum absolute atomic E-state index is 0.100. The number of amides is 1. The molecule has 0 spiro atoms. The molecule has 1 aliphatic heterocycles. The molecule has 2 rings (SSSR count). The molecule has 1 fully saturated rings. The van der Waals surface area contributed by atoms with Crippen molar-refractivity contribution in [1.82, 2.24) is 10.2 Å². The van der Waals surface area contributed by atoms with Gasteiger partial charge in [-0.3, -0.25) is 4.79 Å². The van der Waals surface area contributed by atoms with E-state index in [1.165, 1.54) is 6.42 Å². The molecule has 4 heteroatoms. The van der Waals surface area contributed by atoms with Crippen LogP contribution in [0.4, 0.5) is 0 Å². The third-order valence-electron chi connectivity index (χ3n) is 3.95. The van der Waals surface area contributed by atoms with Gasteiger partial charge in [0.25, 0.3) is 5.91 Å². The van der Waals surface area contributed by atoms with Crippen LogP contribution in [-0.4, -0.2) is 44.1 Å². The third-order valence-corrected chi connectivity index (χ3v) is 3.95. The van der Waals surface area contributed by atoms with Crippen molar-refractivity contribution in [2.24, 2.45) is 0 Å². The lowest BCUT2D eigenvalue weighted by Crippen LogP contribution is -2.44. The lowest BCUT2D eigenvalue weighted by molar-refractivity contribution is 0.0599. The fraction of sp³-hybridized carbons (Fsp3) is 0.562. The molecule has 1 unspecified atom stereocenters. The first-order valence-corrected chi connectivity index (χ1v) is 7.36. The van der Waals surface area contributed by atoms with Crippen molar-refractivity contribution in [2.75, 3.05) is 27.2 Å². The number of hydrogen-bond donors (Lipinski definition) is 1. The molecule has 110 valence electrons. The molecule has 1 saturated heterocycles. The van der Waals surface area contributed by atoms with Crippen molar-refractivity contribution < 1.29 is 9.53 Å².